The highest BCUT2D eigenvalue weighted by molar-refractivity contribution is 6.05. The van der Waals surface area contributed by atoms with Crippen LogP contribution in [-0.4, -0.2) is 16.5 Å². The van der Waals surface area contributed by atoms with Gasteiger partial charge in [-0.1, -0.05) is 13.8 Å². The number of carbonyl (C=O) groups is 1. The van der Waals surface area contributed by atoms with Crippen LogP contribution < -0.4 is 0 Å². The van der Waals surface area contributed by atoms with Gasteiger partial charge in [-0.2, -0.15) is 0 Å². The molecule has 0 heterocycles. The highest BCUT2D eigenvalue weighted by Gasteiger charge is 2.07. The van der Waals surface area contributed by atoms with Crippen LogP contribution in [0.5, 0.6) is 0 Å². The summed E-state index contributed by atoms with van der Waals surface area (Å²) in [4.78, 5) is 10.6. The lowest BCUT2D eigenvalue weighted by molar-refractivity contribution is -0.138. The molecule has 0 saturated carbocycles. The molecule has 8 heavy (non-hydrogen) atoms. The van der Waals surface area contributed by atoms with Crippen LogP contribution in [0.1, 0.15) is 20.3 Å². The maximum atomic E-state index is 10.6. The first-order valence-electron chi connectivity index (χ1n) is 2.80. The van der Waals surface area contributed by atoms with Gasteiger partial charge in [0.25, 0.3) is 5.97 Å². The van der Waals surface area contributed by atoms with Gasteiger partial charge in [0.05, 0.1) is 5.92 Å². The fourth-order valence-corrected chi connectivity index (χ4v) is 0.770. The Morgan fingerprint density at radius 2 is 2.38 bits per heavy atom. The van der Waals surface area contributed by atoms with E-state index in [4.69, 9.17) is 0 Å². The number of hydrogen-bond acceptors (Lipinski definition) is 2. The molecule has 0 fully saturated rings. The summed E-state index contributed by atoms with van der Waals surface area (Å²) in [5.41, 5.74) is 0. The maximum absolute atomic E-state index is 10.6. The molecule has 0 radical (unpaired) electrons. The minimum atomic E-state index is -0.0563. The topological polar surface area (TPSA) is 26.3 Å². The van der Waals surface area contributed by atoms with E-state index in [9.17, 15) is 4.79 Å². The van der Waals surface area contributed by atoms with Crippen molar-refractivity contribution < 1.29 is 9.22 Å². The van der Waals surface area contributed by atoms with Crippen LogP contribution in [0.2, 0.25) is 0 Å². The molecule has 0 N–H and O–H groups in total. The zero-order valence-corrected chi connectivity index (χ0v) is 7.60. The van der Waals surface area contributed by atoms with E-state index in [1.807, 2.05) is 13.8 Å². The van der Waals surface area contributed by atoms with Gasteiger partial charge in [-0.15, -0.1) is 0 Å². The zero-order chi connectivity index (χ0) is 6.57. The van der Waals surface area contributed by atoms with E-state index in [-0.39, 0.29) is 11.9 Å². The Morgan fingerprint density at radius 1 is 1.88 bits per heavy atom. The average Bonchev–Trinajstić information content (AvgIpc) is 1.84. The standard InChI is InChI=1S/C5H12O2Si/c1-3-4(2)5(6)7-8/h4H,3H2,1-2,8H3. The molecule has 0 spiro atoms. The first-order chi connectivity index (χ1) is 3.72. The van der Waals surface area contributed by atoms with E-state index in [0.717, 1.165) is 6.42 Å². The molecule has 0 aromatic rings. The van der Waals surface area contributed by atoms with Crippen molar-refractivity contribution in [3.63, 3.8) is 0 Å². The second-order valence-electron chi connectivity index (χ2n) is 1.83. The fraction of sp³-hybridized carbons (Fsp3) is 0.800. The van der Waals surface area contributed by atoms with E-state index in [1.165, 1.54) is 0 Å². The van der Waals surface area contributed by atoms with E-state index in [0.29, 0.717) is 10.5 Å². The van der Waals surface area contributed by atoms with E-state index < -0.39 is 0 Å². The normalized spacial score (nSPS) is 13.2. The lowest BCUT2D eigenvalue weighted by Gasteiger charge is -2.03. The molecule has 0 bridgehead atoms. The van der Waals surface area contributed by atoms with Crippen molar-refractivity contribution in [1.82, 2.24) is 0 Å². The molecule has 1 atom stereocenters. The molecular weight excluding hydrogens is 120 g/mol. The van der Waals surface area contributed by atoms with Crippen molar-refractivity contribution >= 4 is 16.5 Å². The molecule has 0 rings (SSSR count). The van der Waals surface area contributed by atoms with Crippen LogP contribution in [-0.2, 0) is 9.22 Å². The van der Waals surface area contributed by atoms with Crippen LogP contribution in [0.4, 0.5) is 0 Å². The summed E-state index contributed by atoms with van der Waals surface area (Å²) in [6.45, 7) is 3.85. The molecule has 0 aromatic heterocycles. The van der Waals surface area contributed by atoms with E-state index in [2.05, 4.69) is 4.43 Å². The number of rotatable bonds is 2. The minimum absolute atomic E-state index is 0.0563. The number of carbonyl (C=O) groups excluding carboxylic acids is 1. The van der Waals surface area contributed by atoms with Crippen LogP contribution in [0.25, 0.3) is 0 Å². The van der Waals surface area contributed by atoms with E-state index >= 15 is 0 Å². The fourth-order valence-electron chi connectivity index (χ4n) is 0.368. The largest absolute Gasteiger partial charge is 0.529 e. The van der Waals surface area contributed by atoms with Gasteiger partial charge >= 0.3 is 0 Å². The smallest absolute Gasteiger partial charge is 0.294 e. The second kappa shape index (κ2) is 3.66. The average molecular weight is 132 g/mol. The molecule has 1 unspecified atom stereocenters. The highest BCUT2D eigenvalue weighted by atomic mass is 28.2. The van der Waals surface area contributed by atoms with Crippen LogP contribution in [0.3, 0.4) is 0 Å². The second-order valence-corrected chi connectivity index (χ2v) is 2.24. The van der Waals surface area contributed by atoms with Gasteiger partial charge in [-0.25, -0.2) is 0 Å². The van der Waals surface area contributed by atoms with Crippen LogP contribution in [0, 0.1) is 5.92 Å². The molecule has 0 aliphatic heterocycles. The third-order valence-electron chi connectivity index (χ3n) is 1.22. The molecule has 0 aromatic carbocycles. The summed E-state index contributed by atoms with van der Waals surface area (Å²) in [5.74, 6) is 0.0340. The van der Waals surface area contributed by atoms with Gasteiger partial charge in [0.2, 0.25) is 10.5 Å². The predicted molar refractivity (Wildman–Crippen MR) is 35.5 cm³/mol. The highest BCUT2D eigenvalue weighted by Crippen LogP contribution is 2.00. The van der Waals surface area contributed by atoms with Crippen molar-refractivity contribution in [3.05, 3.63) is 0 Å². The minimum Gasteiger partial charge on any atom is -0.529 e. The molecule has 0 aliphatic carbocycles. The lowest BCUT2D eigenvalue weighted by Crippen LogP contribution is -2.11. The molecule has 0 amide bonds. The van der Waals surface area contributed by atoms with Crippen LogP contribution in [0.15, 0.2) is 0 Å². The summed E-state index contributed by atoms with van der Waals surface area (Å²) in [5, 5.41) is 0. The summed E-state index contributed by atoms with van der Waals surface area (Å²) in [7, 11) is 0.526. The SMILES string of the molecule is CCC(C)C(=O)O[SiH3]. The van der Waals surface area contributed by atoms with Crippen molar-refractivity contribution in [2.75, 3.05) is 0 Å². The Bertz CT molecular complexity index is 82.5. The molecule has 0 saturated heterocycles. The summed E-state index contributed by atoms with van der Waals surface area (Å²) in [6.07, 6.45) is 0.876. The van der Waals surface area contributed by atoms with Gasteiger partial charge < -0.3 is 4.43 Å². The number of hydrogen-bond donors (Lipinski definition) is 0. The quantitative estimate of drug-likeness (QED) is 0.489. The van der Waals surface area contributed by atoms with Crippen LogP contribution >= 0.6 is 0 Å². The van der Waals surface area contributed by atoms with Crippen molar-refractivity contribution in [1.29, 1.82) is 0 Å². The Hall–Kier alpha value is -0.313. The Kier molecular flexibility index (Phi) is 3.52. The first-order valence-corrected chi connectivity index (χ1v) is 3.61. The Balaban J connectivity index is 3.46. The van der Waals surface area contributed by atoms with E-state index in [1.54, 1.807) is 0 Å². The van der Waals surface area contributed by atoms with Crippen molar-refractivity contribution in [2.45, 2.75) is 20.3 Å². The molecule has 3 heteroatoms. The van der Waals surface area contributed by atoms with Gasteiger partial charge in [0.15, 0.2) is 0 Å². The molecule has 2 nitrogen and oxygen atoms in total. The third-order valence-corrected chi connectivity index (χ3v) is 1.62. The monoisotopic (exact) mass is 132 g/mol. The summed E-state index contributed by atoms with van der Waals surface area (Å²) in [6, 6.07) is 0. The van der Waals surface area contributed by atoms with Gasteiger partial charge in [-0.3, -0.25) is 4.79 Å². The summed E-state index contributed by atoms with van der Waals surface area (Å²) < 4.78 is 4.60. The molecular formula is C5H12O2Si. The molecule has 48 valence electrons. The van der Waals surface area contributed by atoms with Crippen molar-refractivity contribution in [2.24, 2.45) is 5.92 Å². The first kappa shape index (κ1) is 7.69. The van der Waals surface area contributed by atoms with Gasteiger partial charge in [-0.05, 0) is 6.42 Å². The Morgan fingerprint density at radius 3 is 2.50 bits per heavy atom. The zero-order valence-electron chi connectivity index (χ0n) is 5.60. The Labute approximate surface area is 52.8 Å². The van der Waals surface area contributed by atoms with Gasteiger partial charge in [0, 0.05) is 0 Å². The molecule has 0 aliphatic rings. The van der Waals surface area contributed by atoms with Crippen molar-refractivity contribution in [3.8, 4) is 0 Å². The lowest BCUT2D eigenvalue weighted by atomic mass is 10.1. The summed E-state index contributed by atoms with van der Waals surface area (Å²) >= 11 is 0. The predicted octanol–water partition coefficient (Wildman–Crippen LogP) is -0.144. The third kappa shape index (κ3) is 2.11. The van der Waals surface area contributed by atoms with Gasteiger partial charge in [0.1, 0.15) is 0 Å². The maximum Gasteiger partial charge on any atom is 0.294 e.